The molecule has 2 aliphatic heterocycles. The molecule has 6 heteroatoms. The first-order valence-electron chi connectivity index (χ1n) is 7.89. The molecule has 2 aliphatic rings. The third-order valence-electron chi connectivity index (χ3n) is 4.91. The summed E-state index contributed by atoms with van der Waals surface area (Å²) in [5.41, 5.74) is 0.591. The lowest BCUT2D eigenvalue weighted by atomic mass is 9.96. The van der Waals surface area contributed by atoms with Gasteiger partial charge in [0.2, 0.25) is 0 Å². The fourth-order valence-electron chi connectivity index (χ4n) is 3.47. The number of aliphatic carboxylic acids is 1. The first-order chi connectivity index (χ1) is 10.9. The normalized spacial score (nSPS) is 24.1. The van der Waals surface area contributed by atoms with Crippen LogP contribution in [0.25, 0.3) is 0 Å². The van der Waals surface area contributed by atoms with Gasteiger partial charge in [-0.3, -0.25) is 9.69 Å². The zero-order chi connectivity index (χ0) is 16.6. The topological polar surface area (TPSA) is 70.1 Å². The molecule has 1 amide bonds. The largest absolute Gasteiger partial charge is 0.480 e. The van der Waals surface area contributed by atoms with Gasteiger partial charge in [0.05, 0.1) is 6.61 Å². The highest BCUT2D eigenvalue weighted by Gasteiger charge is 2.53. The van der Waals surface area contributed by atoms with Crippen molar-refractivity contribution in [1.29, 1.82) is 0 Å². The number of carbonyl (C=O) groups excluding carboxylic acids is 1. The number of ether oxygens (including phenoxy) is 1. The van der Waals surface area contributed by atoms with Gasteiger partial charge in [0.25, 0.3) is 5.91 Å². The fourth-order valence-corrected chi connectivity index (χ4v) is 3.47. The summed E-state index contributed by atoms with van der Waals surface area (Å²) in [6, 6.07) is 6.35. The van der Waals surface area contributed by atoms with Crippen LogP contribution in [0.15, 0.2) is 24.3 Å². The van der Waals surface area contributed by atoms with E-state index in [-0.39, 0.29) is 12.5 Å². The molecule has 1 spiro atoms. The van der Waals surface area contributed by atoms with Crippen LogP contribution in [0.4, 0.5) is 0 Å². The second-order valence-corrected chi connectivity index (χ2v) is 6.40. The molecule has 3 rings (SSSR count). The molecular weight excluding hydrogens is 296 g/mol. The van der Waals surface area contributed by atoms with Gasteiger partial charge in [-0.2, -0.15) is 0 Å². The van der Waals surface area contributed by atoms with Crippen molar-refractivity contribution in [3.63, 3.8) is 0 Å². The summed E-state index contributed by atoms with van der Waals surface area (Å²) in [4.78, 5) is 28.4. The lowest BCUT2D eigenvalue weighted by Crippen LogP contribution is -2.57. The molecule has 2 heterocycles. The number of carboxylic acids is 1. The van der Waals surface area contributed by atoms with Gasteiger partial charge in [0, 0.05) is 31.5 Å². The Hall–Kier alpha value is -1.92. The Labute approximate surface area is 135 Å². The van der Waals surface area contributed by atoms with Gasteiger partial charge >= 0.3 is 5.97 Å². The molecule has 23 heavy (non-hydrogen) atoms. The highest BCUT2D eigenvalue weighted by Crippen LogP contribution is 2.38. The quantitative estimate of drug-likeness (QED) is 0.891. The van der Waals surface area contributed by atoms with E-state index in [2.05, 4.69) is 4.90 Å². The Balaban J connectivity index is 1.98. The van der Waals surface area contributed by atoms with Gasteiger partial charge in [-0.25, -0.2) is 4.79 Å². The van der Waals surface area contributed by atoms with Gasteiger partial charge < -0.3 is 14.7 Å². The van der Waals surface area contributed by atoms with Crippen molar-refractivity contribution in [3.05, 3.63) is 35.4 Å². The summed E-state index contributed by atoms with van der Waals surface area (Å²) in [6.45, 7) is 3.48. The molecule has 1 unspecified atom stereocenters. The fraction of sp³-hybridized carbons (Fsp3) is 0.529. The number of piperidine rings is 1. The Morgan fingerprint density at radius 3 is 2.52 bits per heavy atom. The van der Waals surface area contributed by atoms with E-state index in [4.69, 9.17) is 4.74 Å². The SMILES string of the molecule is Cc1ccccc1C(=O)N1C(C(=O)O)COC12CCN(C)CC2. The number of nitrogens with zero attached hydrogens (tertiary/aromatic N) is 2. The summed E-state index contributed by atoms with van der Waals surface area (Å²) in [5, 5.41) is 9.53. The molecule has 1 N–H and O–H groups in total. The van der Waals surface area contributed by atoms with Crippen molar-refractivity contribution < 1.29 is 19.4 Å². The first kappa shape index (κ1) is 16.0. The van der Waals surface area contributed by atoms with Crippen molar-refractivity contribution in [3.8, 4) is 0 Å². The van der Waals surface area contributed by atoms with E-state index in [1.807, 2.05) is 26.1 Å². The number of likely N-dealkylation sites (tertiary alicyclic amines) is 1. The molecule has 1 atom stereocenters. The maximum Gasteiger partial charge on any atom is 0.328 e. The standard InChI is InChI=1S/C17H22N2O4/c1-12-5-3-4-6-13(12)15(20)19-14(16(21)22)11-23-17(19)7-9-18(2)10-8-17/h3-6,14H,7-11H2,1-2H3,(H,21,22). The van der Waals surface area contributed by atoms with E-state index in [0.29, 0.717) is 18.4 Å². The average Bonchev–Trinajstić information content (AvgIpc) is 2.90. The van der Waals surface area contributed by atoms with Crippen LogP contribution >= 0.6 is 0 Å². The lowest BCUT2D eigenvalue weighted by Gasteiger charge is -2.43. The number of carboxylic acid groups (broad SMARTS) is 1. The number of hydrogen-bond acceptors (Lipinski definition) is 4. The zero-order valence-corrected chi connectivity index (χ0v) is 13.5. The van der Waals surface area contributed by atoms with Crippen LogP contribution in [0.5, 0.6) is 0 Å². The minimum atomic E-state index is -1.01. The molecule has 0 bridgehead atoms. The number of rotatable bonds is 2. The smallest absolute Gasteiger partial charge is 0.328 e. The summed E-state index contributed by atoms with van der Waals surface area (Å²) in [7, 11) is 2.02. The van der Waals surface area contributed by atoms with Crippen LogP contribution in [0.1, 0.15) is 28.8 Å². The third-order valence-corrected chi connectivity index (χ3v) is 4.91. The highest BCUT2D eigenvalue weighted by molar-refractivity contribution is 5.98. The molecule has 124 valence electrons. The van der Waals surface area contributed by atoms with Crippen molar-refractivity contribution in [2.45, 2.75) is 31.5 Å². The summed E-state index contributed by atoms with van der Waals surface area (Å²) in [6.07, 6.45) is 1.26. The predicted molar refractivity (Wildman–Crippen MR) is 84.2 cm³/mol. The zero-order valence-electron chi connectivity index (χ0n) is 13.5. The first-order valence-corrected chi connectivity index (χ1v) is 7.89. The van der Waals surface area contributed by atoms with E-state index >= 15 is 0 Å². The molecule has 0 aromatic heterocycles. The van der Waals surface area contributed by atoms with E-state index < -0.39 is 17.7 Å². The summed E-state index contributed by atoms with van der Waals surface area (Å²) in [5.74, 6) is -1.26. The predicted octanol–water partition coefficient (Wildman–Crippen LogP) is 1.34. The molecule has 1 aromatic rings. The van der Waals surface area contributed by atoms with Crippen molar-refractivity contribution in [2.75, 3.05) is 26.7 Å². The number of benzene rings is 1. The van der Waals surface area contributed by atoms with Gasteiger partial charge in [-0.05, 0) is 25.6 Å². The minimum Gasteiger partial charge on any atom is -0.480 e. The second-order valence-electron chi connectivity index (χ2n) is 6.40. The number of aryl methyl sites for hydroxylation is 1. The van der Waals surface area contributed by atoms with Crippen molar-refractivity contribution in [1.82, 2.24) is 9.80 Å². The minimum absolute atomic E-state index is 0.0523. The maximum absolute atomic E-state index is 13.1. The number of carbonyl (C=O) groups is 2. The van der Waals surface area contributed by atoms with E-state index in [1.165, 1.54) is 4.90 Å². The number of hydrogen-bond donors (Lipinski definition) is 1. The Bertz CT molecular complexity index is 623. The molecule has 2 fully saturated rings. The van der Waals surface area contributed by atoms with Crippen LogP contribution in [-0.4, -0.2) is 65.3 Å². The summed E-state index contributed by atoms with van der Waals surface area (Å²) < 4.78 is 5.90. The number of amides is 1. The Kier molecular flexibility index (Phi) is 4.12. The Morgan fingerprint density at radius 2 is 1.91 bits per heavy atom. The molecule has 0 aliphatic carbocycles. The van der Waals surface area contributed by atoms with E-state index in [9.17, 15) is 14.7 Å². The monoisotopic (exact) mass is 318 g/mol. The van der Waals surface area contributed by atoms with Gasteiger partial charge in [-0.1, -0.05) is 18.2 Å². The van der Waals surface area contributed by atoms with E-state index in [1.54, 1.807) is 12.1 Å². The lowest BCUT2D eigenvalue weighted by molar-refractivity contribution is -0.143. The summed E-state index contributed by atoms with van der Waals surface area (Å²) >= 11 is 0. The van der Waals surface area contributed by atoms with Gasteiger partial charge in [-0.15, -0.1) is 0 Å². The van der Waals surface area contributed by atoms with Crippen LogP contribution in [0, 0.1) is 6.92 Å². The van der Waals surface area contributed by atoms with Gasteiger partial charge in [0.15, 0.2) is 6.04 Å². The highest BCUT2D eigenvalue weighted by atomic mass is 16.5. The Morgan fingerprint density at radius 1 is 1.26 bits per heavy atom. The molecule has 0 radical (unpaired) electrons. The average molecular weight is 318 g/mol. The van der Waals surface area contributed by atoms with E-state index in [0.717, 1.165) is 18.7 Å². The van der Waals surface area contributed by atoms with Crippen LogP contribution in [0.3, 0.4) is 0 Å². The molecule has 2 saturated heterocycles. The molecule has 6 nitrogen and oxygen atoms in total. The van der Waals surface area contributed by atoms with Crippen LogP contribution in [0.2, 0.25) is 0 Å². The molecular formula is C17H22N2O4. The van der Waals surface area contributed by atoms with Crippen LogP contribution < -0.4 is 0 Å². The second kappa shape index (κ2) is 5.94. The van der Waals surface area contributed by atoms with Crippen molar-refractivity contribution >= 4 is 11.9 Å². The molecule has 0 saturated carbocycles. The van der Waals surface area contributed by atoms with Crippen molar-refractivity contribution in [2.24, 2.45) is 0 Å². The van der Waals surface area contributed by atoms with Crippen LogP contribution in [-0.2, 0) is 9.53 Å². The third kappa shape index (κ3) is 2.72. The maximum atomic E-state index is 13.1. The molecule has 1 aromatic carbocycles. The van der Waals surface area contributed by atoms with Gasteiger partial charge in [0.1, 0.15) is 5.72 Å².